The number of hydrogen-bond donors (Lipinski definition) is 5. The number of rotatable bonds is 7. The van der Waals surface area contributed by atoms with Gasteiger partial charge in [-0.25, -0.2) is 0 Å². The van der Waals surface area contributed by atoms with Crippen LogP contribution in [0.5, 0.6) is 5.75 Å². The third kappa shape index (κ3) is 5.93. The molecule has 184 valence electrons. The molecule has 3 rings (SSSR count). The van der Waals surface area contributed by atoms with Crippen molar-refractivity contribution in [2.75, 3.05) is 13.2 Å². The maximum atomic E-state index is 11.0. The zero-order chi connectivity index (χ0) is 24.3. The van der Waals surface area contributed by atoms with Crippen molar-refractivity contribution >= 4 is 11.7 Å². The van der Waals surface area contributed by atoms with Crippen LogP contribution in [0.1, 0.15) is 6.92 Å². The Balaban J connectivity index is 1.59. The summed E-state index contributed by atoms with van der Waals surface area (Å²) < 4.78 is 26.4. The van der Waals surface area contributed by atoms with Gasteiger partial charge in [-0.15, -0.1) is 0 Å². The fourth-order valence-corrected chi connectivity index (χ4v) is 3.31. The topological polar surface area (TPSA) is 208 Å². The molecule has 0 amide bonds. The molecule has 0 radical (unpaired) electrons. The van der Waals surface area contributed by atoms with Gasteiger partial charge in [-0.2, -0.15) is 0 Å². The van der Waals surface area contributed by atoms with Crippen LogP contribution in [-0.4, -0.2) is 105 Å². The van der Waals surface area contributed by atoms with Crippen LogP contribution in [0, 0.1) is 10.1 Å². The van der Waals surface area contributed by atoms with Crippen LogP contribution in [-0.2, 0) is 23.7 Å². The molecule has 9 atom stereocenters. The highest BCUT2D eigenvalue weighted by Gasteiger charge is 2.48. The zero-order valence-electron chi connectivity index (χ0n) is 17.4. The predicted octanol–water partition coefficient (Wildman–Crippen LogP) is -2.19. The van der Waals surface area contributed by atoms with E-state index in [0.29, 0.717) is 0 Å². The predicted molar refractivity (Wildman–Crippen MR) is 104 cm³/mol. The van der Waals surface area contributed by atoms with Crippen molar-refractivity contribution in [2.45, 2.75) is 62.2 Å². The van der Waals surface area contributed by atoms with Gasteiger partial charge in [-0.1, -0.05) is 0 Å². The van der Waals surface area contributed by atoms with Crippen molar-refractivity contribution in [3.8, 4) is 5.75 Å². The molecule has 2 heterocycles. The number of aliphatic hydroxyl groups excluding tert-OH is 5. The second-order valence-corrected chi connectivity index (χ2v) is 7.54. The van der Waals surface area contributed by atoms with Crippen molar-refractivity contribution in [3.63, 3.8) is 0 Å². The molecule has 0 unspecified atom stereocenters. The van der Waals surface area contributed by atoms with Gasteiger partial charge in [-0.05, 0) is 12.1 Å². The number of non-ortho nitro benzene ring substituents is 1. The number of benzene rings is 1. The number of hydrogen-bond acceptors (Lipinski definition) is 13. The van der Waals surface area contributed by atoms with Gasteiger partial charge < -0.3 is 49.2 Å². The second kappa shape index (κ2) is 10.7. The maximum Gasteiger partial charge on any atom is 0.302 e. The minimum absolute atomic E-state index is 0.146. The Bertz CT molecular complexity index is 820. The van der Waals surface area contributed by atoms with Crippen molar-refractivity contribution in [3.05, 3.63) is 34.4 Å². The molecule has 5 N–H and O–H groups in total. The van der Waals surface area contributed by atoms with Gasteiger partial charge in [0.1, 0.15) is 55.1 Å². The van der Waals surface area contributed by atoms with Gasteiger partial charge in [0.15, 0.2) is 6.29 Å². The molecular weight excluding hydrogens is 450 g/mol. The Hall–Kier alpha value is -2.43. The number of nitro benzene ring substituents is 1. The van der Waals surface area contributed by atoms with Crippen LogP contribution in [0.25, 0.3) is 0 Å². The lowest BCUT2D eigenvalue weighted by molar-refractivity contribution is -0.384. The molecule has 2 saturated heterocycles. The summed E-state index contributed by atoms with van der Waals surface area (Å²) in [6.07, 6.45) is -13.5. The van der Waals surface area contributed by atoms with Gasteiger partial charge in [0.2, 0.25) is 6.29 Å². The van der Waals surface area contributed by atoms with E-state index < -0.39 is 72.8 Å². The monoisotopic (exact) mass is 475 g/mol. The molecule has 33 heavy (non-hydrogen) atoms. The van der Waals surface area contributed by atoms with Crippen molar-refractivity contribution in [1.29, 1.82) is 0 Å². The molecular formula is C19H25NO13. The number of nitrogens with zero attached hydrogens (tertiary/aromatic N) is 1. The molecule has 2 fully saturated rings. The number of ether oxygens (including phenoxy) is 5. The molecule has 0 bridgehead atoms. The van der Waals surface area contributed by atoms with E-state index in [9.17, 15) is 40.4 Å². The minimum Gasteiger partial charge on any atom is -0.463 e. The first kappa shape index (κ1) is 25.2. The molecule has 1 aromatic carbocycles. The summed E-state index contributed by atoms with van der Waals surface area (Å²) in [6.45, 7) is 0.397. The number of esters is 1. The molecule has 14 nitrogen and oxygen atoms in total. The van der Waals surface area contributed by atoms with Crippen LogP contribution in [0.3, 0.4) is 0 Å². The van der Waals surface area contributed by atoms with E-state index in [1.54, 1.807) is 0 Å². The Kier molecular flexibility index (Phi) is 8.14. The highest BCUT2D eigenvalue weighted by molar-refractivity contribution is 5.65. The van der Waals surface area contributed by atoms with Crippen molar-refractivity contribution < 1.29 is 58.9 Å². The lowest BCUT2D eigenvalue weighted by atomic mass is 9.99. The number of aliphatic hydroxyl groups is 5. The largest absolute Gasteiger partial charge is 0.463 e. The Morgan fingerprint density at radius 2 is 1.67 bits per heavy atom. The van der Waals surface area contributed by atoms with Crippen LogP contribution < -0.4 is 4.74 Å². The second-order valence-electron chi connectivity index (χ2n) is 7.54. The van der Waals surface area contributed by atoms with E-state index in [-0.39, 0.29) is 18.0 Å². The summed E-state index contributed by atoms with van der Waals surface area (Å²) >= 11 is 0. The molecule has 14 heteroatoms. The Morgan fingerprint density at radius 3 is 2.27 bits per heavy atom. The summed E-state index contributed by atoms with van der Waals surface area (Å²) in [5.74, 6) is -0.505. The van der Waals surface area contributed by atoms with E-state index in [1.807, 2.05) is 0 Å². The van der Waals surface area contributed by atoms with E-state index >= 15 is 0 Å². The summed E-state index contributed by atoms with van der Waals surface area (Å²) in [5.41, 5.74) is -0.161. The fourth-order valence-electron chi connectivity index (χ4n) is 3.31. The third-order valence-electron chi connectivity index (χ3n) is 5.16. The number of carbonyl (C=O) groups is 1. The number of carbonyl (C=O) groups excluding carboxylic acids is 1. The van der Waals surface area contributed by atoms with Crippen LogP contribution in [0.4, 0.5) is 5.69 Å². The van der Waals surface area contributed by atoms with E-state index in [4.69, 9.17) is 23.7 Å². The highest BCUT2D eigenvalue weighted by atomic mass is 16.7. The zero-order valence-corrected chi connectivity index (χ0v) is 17.4. The maximum absolute atomic E-state index is 11.0. The molecule has 0 aliphatic carbocycles. The average molecular weight is 475 g/mol. The first-order chi connectivity index (χ1) is 15.6. The molecule has 0 aromatic heterocycles. The van der Waals surface area contributed by atoms with E-state index in [2.05, 4.69) is 0 Å². The summed E-state index contributed by atoms with van der Waals surface area (Å²) in [6, 6.07) is 4.98. The smallest absolute Gasteiger partial charge is 0.302 e. The standard InChI is InChI=1S/C19H25NO13/c1-8(21)29-6-11-13(22)15(24)17(26)19(32-11)33-12-7-30-18(16(25)14(12)23)31-10-4-2-9(3-5-10)20(27)28/h2-5,11-19,22-26H,6-7H2,1H3/t11-,12-,13+,14+,15+,16-,17-,18+,19+/m1/s1. The summed E-state index contributed by atoms with van der Waals surface area (Å²) in [4.78, 5) is 21.1. The highest BCUT2D eigenvalue weighted by Crippen LogP contribution is 2.28. The SMILES string of the molecule is CC(=O)OC[C@H]1O[C@@H](O[C@@H]2CO[C@@H](Oc3ccc([N+](=O)[O-])cc3)[C@H](O)[C@H]2O)[C@H](O)[C@@H](O)[C@H]1O. The van der Waals surface area contributed by atoms with Crippen molar-refractivity contribution in [2.24, 2.45) is 0 Å². The third-order valence-corrected chi connectivity index (χ3v) is 5.16. The Morgan fingerprint density at radius 1 is 1.03 bits per heavy atom. The lowest BCUT2D eigenvalue weighted by Crippen LogP contribution is -2.62. The van der Waals surface area contributed by atoms with Crippen LogP contribution in [0.15, 0.2) is 24.3 Å². The first-order valence-corrected chi connectivity index (χ1v) is 9.95. The summed E-state index contributed by atoms with van der Waals surface area (Å²) in [7, 11) is 0. The normalized spacial score (nSPS) is 36.7. The average Bonchev–Trinajstić information content (AvgIpc) is 2.78. The molecule has 1 aromatic rings. The van der Waals surface area contributed by atoms with Gasteiger partial charge in [0.05, 0.1) is 11.5 Å². The quantitative estimate of drug-likeness (QED) is 0.161. The van der Waals surface area contributed by atoms with Crippen LogP contribution >= 0.6 is 0 Å². The van der Waals surface area contributed by atoms with Crippen LogP contribution in [0.2, 0.25) is 0 Å². The number of nitro groups is 1. The lowest BCUT2D eigenvalue weighted by Gasteiger charge is -2.43. The molecule has 0 saturated carbocycles. The summed E-state index contributed by atoms with van der Waals surface area (Å²) in [5, 5.41) is 61.7. The van der Waals surface area contributed by atoms with E-state index in [1.165, 1.54) is 24.3 Å². The van der Waals surface area contributed by atoms with Gasteiger partial charge in [0, 0.05) is 19.1 Å². The molecule has 2 aliphatic heterocycles. The van der Waals surface area contributed by atoms with E-state index in [0.717, 1.165) is 6.92 Å². The minimum atomic E-state index is -1.72. The molecule has 0 spiro atoms. The van der Waals surface area contributed by atoms with Gasteiger partial charge in [-0.3, -0.25) is 14.9 Å². The van der Waals surface area contributed by atoms with Gasteiger partial charge >= 0.3 is 5.97 Å². The molecule has 2 aliphatic rings. The first-order valence-electron chi connectivity index (χ1n) is 9.95. The fraction of sp³-hybridized carbons (Fsp3) is 0.632. The Labute approximate surface area is 187 Å². The van der Waals surface area contributed by atoms with Gasteiger partial charge in [0.25, 0.3) is 5.69 Å². The van der Waals surface area contributed by atoms with Crippen molar-refractivity contribution in [1.82, 2.24) is 0 Å².